The lowest BCUT2D eigenvalue weighted by Crippen LogP contribution is -2.34. The topological polar surface area (TPSA) is 140 Å². The predicted molar refractivity (Wildman–Crippen MR) is 136 cm³/mol. The molecule has 0 amide bonds. The van der Waals surface area contributed by atoms with Crippen LogP contribution in [0, 0.1) is 11.8 Å². The van der Waals surface area contributed by atoms with E-state index in [-0.39, 0.29) is 29.8 Å². The molecule has 11 heteroatoms. The van der Waals surface area contributed by atoms with Crippen molar-refractivity contribution in [3.63, 3.8) is 0 Å². The number of thiazole rings is 2. The number of rotatable bonds is 6. The van der Waals surface area contributed by atoms with E-state index in [1.165, 1.54) is 22.7 Å². The zero-order valence-electron chi connectivity index (χ0n) is 19.4. The second-order valence-electron chi connectivity index (χ2n) is 9.05. The Hall–Kier alpha value is -2.99. The van der Waals surface area contributed by atoms with Crippen molar-refractivity contribution in [2.24, 2.45) is 11.8 Å². The van der Waals surface area contributed by atoms with Crippen molar-refractivity contribution in [2.75, 3.05) is 24.7 Å². The van der Waals surface area contributed by atoms with Crippen LogP contribution in [-0.2, 0) is 14.3 Å². The minimum atomic E-state index is -0.245. The number of hydrogen-bond donors (Lipinski definition) is 2. The summed E-state index contributed by atoms with van der Waals surface area (Å²) in [6, 6.07) is 7.35. The maximum Gasteiger partial charge on any atom is 0.181 e. The monoisotopic (exact) mass is 526 g/mol. The highest BCUT2D eigenvalue weighted by Crippen LogP contribution is 2.45. The van der Waals surface area contributed by atoms with E-state index in [0.717, 1.165) is 9.75 Å². The summed E-state index contributed by atoms with van der Waals surface area (Å²) in [6.45, 7) is 1.02. The molecule has 2 aliphatic heterocycles. The second kappa shape index (κ2) is 9.81. The highest BCUT2D eigenvalue weighted by molar-refractivity contribution is 7.16. The lowest BCUT2D eigenvalue weighted by atomic mass is 9.80. The summed E-state index contributed by atoms with van der Waals surface area (Å²) < 4.78 is 23.3. The molecule has 0 bridgehead atoms. The molecule has 0 spiro atoms. The number of carbonyl (C=O) groups is 1. The first kappa shape index (κ1) is 23.4. The molecule has 2 aliphatic rings. The first-order chi connectivity index (χ1) is 17.6. The summed E-state index contributed by atoms with van der Waals surface area (Å²) in [4.78, 5) is 24.5. The molecule has 4 unspecified atom stereocenters. The molecule has 0 aromatic carbocycles. The predicted octanol–water partition coefficient (Wildman–Crippen LogP) is 5.49. The van der Waals surface area contributed by atoms with Crippen LogP contribution in [-0.4, -0.2) is 29.0 Å². The Morgan fingerprint density at radius 1 is 0.806 bits per heavy atom. The fourth-order valence-corrected chi connectivity index (χ4v) is 6.93. The van der Waals surface area contributed by atoms with Crippen molar-refractivity contribution < 1.29 is 23.1 Å². The van der Waals surface area contributed by atoms with E-state index in [9.17, 15) is 4.79 Å². The van der Waals surface area contributed by atoms with E-state index < -0.39 is 0 Å². The third-order valence-corrected chi connectivity index (χ3v) is 8.76. The minimum Gasteiger partial charge on any atom is -0.463 e. The normalized spacial score (nSPS) is 24.7. The van der Waals surface area contributed by atoms with E-state index in [2.05, 4.69) is 9.97 Å². The number of ether oxygens (including phenoxy) is 2. The number of nitrogen functional groups attached to an aromatic ring is 2. The van der Waals surface area contributed by atoms with Crippen molar-refractivity contribution in [1.29, 1.82) is 0 Å². The van der Waals surface area contributed by atoms with Gasteiger partial charge in [0.15, 0.2) is 21.8 Å². The van der Waals surface area contributed by atoms with Crippen LogP contribution in [0.2, 0.25) is 0 Å². The molecular weight excluding hydrogens is 500 g/mol. The number of ketones is 1. The highest BCUT2D eigenvalue weighted by Gasteiger charge is 2.38. The van der Waals surface area contributed by atoms with Crippen LogP contribution in [0.5, 0.6) is 0 Å². The number of nitrogens with zero attached hydrogens (tertiary/aromatic N) is 2. The van der Waals surface area contributed by atoms with Gasteiger partial charge in [-0.25, -0.2) is 9.97 Å². The van der Waals surface area contributed by atoms with Gasteiger partial charge in [0.05, 0.1) is 34.5 Å². The van der Waals surface area contributed by atoms with Gasteiger partial charge in [-0.05, 0) is 49.9 Å². The van der Waals surface area contributed by atoms with Crippen molar-refractivity contribution in [1.82, 2.24) is 9.97 Å². The molecule has 36 heavy (non-hydrogen) atoms. The molecule has 188 valence electrons. The van der Waals surface area contributed by atoms with Crippen molar-refractivity contribution in [2.45, 2.75) is 37.9 Å². The number of furan rings is 2. The van der Waals surface area contributed by atoms with Crippen molar-refractivity contribution >= 4 is 38.7 Å². The molecule has 0 aliphatic carbocycles. The Balaban J connectivity index is 1.19. The summed E-state index contributed by atoms with van der Waals surface area (Å²) in [5.41, 5.74) is 13.5. The van der Waals surface area contributed by atoms with Crippen molar-refractivity contribution in [3.05, 3.63) is 46.5 Å². The van der Waals surface area contributed by atoms with Gasteiger partial charge in [0.1, 0.15) is 17.2 Å². The highest BCUT2D eigenvalue weighted by atomic mass is 32.1. The number of anilines is 2. The summed E-state index contributed by atoms with van der Waals surface area (Å²) in [6.07, 6.45) is 5.33. The second-order valence-corrected chi connectivity index (χ2v) is 11.2. The van der Waals surface area contributed by atoms with Crippen LogP contribution in [0.25, 0.3) is 22.9 Å². The van der Waals surface area contributed by atoms with Gasteiger partial charge in [0, 0.05) is 25.0 Å². The van der Waals surface area contributed by atoms with Gasteiger partial charge >= 0.3 is 0 Å². The van der Waals surface area contributed by atoms with Gasteiger partial charge in [0.2, 0.25) is 0 Å². The molecule has 0 radical (unpaired) electrons. The zero-order chi connectivity index (χ0) is 24.6. The molecule has 4 aromatic rings. The van der Waals surface area contributed by atoms with Gasteiger partial charge in [-0.1, -0.05) is 22.7 Å². The Kier molecular flexibility index (Phi) is 6.38. The van der Waals surface area contributed by atoms with Gasteiger partial charge in [0.25, 0.3) is 0 Å². The summed E-state index contributed by atoms with van der Waals surface area (Å²) in [5, 5.41) is 0.911. The third-order valence-electron chi connectivity index (χ3n) is 6.81. The quantitative estimate of drug-likeness (QED) is 0.334. The summed E-state index contributed by atoms with van der Waals surface area (Å²) in [5.74, 6) is 1.37. The maximum absolute atomic E-state index is 13.7. The fraction of sp³-hybridized carbons (Fsp3) is 0.400. The van der Waals surface area contributed by atoms with Gasteiger partial charge in [-0.3, -0.25) is 4.79 Å². The molecule has 6 heterocycles. The molecule has 0 saturated carbocycles. The van der Waals surface area contributed by atoms with Crippen LogP contribution in [0.15, 0.2) is 45.6 Å². The number of nitrogens with two attached hydrogens (primary N) is 2. The molecule has 2 fully saturated rings. The van der Waals surface area contributed by atoms with Gasteiger partial charge in [-0.15, -0.1) is 0 Å². The molecule has 4 N–H and O–H groups in total. The number of Topliss-reactive ketones (excluding diaryl/α,β-unsaturated/α-hetero) is 1. The van der Waals surface area contributed by atoms with E-state index >= 15 is 0 Å². The van der Waals surface area contributed by atoms with Gasteiger partial charge < -0.3 is 29.8 Å². The smallest absolute Gasteiger partial charge is 0.181 e. The average molecular weight is 527 g/mol. The Labute approximate surface area is 215 Å². The maximum atomic E-state index is 13.7. The lowest BCUT2D eigenvalue weighted by molar-refractivity contribution is -0.137. The van der Waals surface area contributed by atoms with Crippen LogP contribution in [0.4, 0.5) is 10.3 Å². The van der Waals surface area contributed by atoms with E-state index in [4.69, 9.17) is 29.8 Å². The van der Waals surface area contributed by atoms with Crippen LogP contribution >= 0.6 is 22.7 Å². The fourth-order valence-electron chi connectivity index (χ4n) is 5.12. The minimum absolute atomic E-state index is 0.101. The third kappa shape index (κ3) is 4.47. The molecule has 9 nitrogen and oxygen atoms in total. The van der Waals surface area contributed by atoms with Crippen LogP contribution in [0.3, 0.4) is 0 Å². The Morgan fingerprint density at radius 2 is 1.28 bits per heavy atom. The molecular formula is C25H26N4O5S2. The molecule has 4 aromatic heterocycles. The SMILES string of the molecule is Nc1nc(-c2ccco2)c(C2CC(C(=O)C3CCOC(c4sc(N)nc4-c4ccco4)C3)CCO2)s1. The number of hydrogen-bond acceptors (Lipinski definition) is 11. The van der Waals surface area contributed by atoms with E-state index in [0.29, 0.717) is 72.1 Å². The first-order valence-corrected chi connectivity index (χ1v) is 13.6. The average Bonchev–Trinajstić information content (AvgIpc) is 3.70. The zero-order valence-corrected chi connectivity index (χ0v) is 21.1. The number of carbonyl (C=O) groups excluding carboxylic acids is 1. The summed E-state index contributed by atoms with van der Waals surface area (Å²) in [7, 11) is 0. The largest absolute Gasteiger partial charge is 0.463 e. The van der Waals surface area contributed by atoms with Crippen molar-refractivity contribution in [3.8, 4) is 22.9 Å². The standard InChI is InChI=1S/C25H26N4O5S2/c26-24-28-19(15-3-1-7-31-15)22(35-24)17-11-13(5-9-33-17)21(30)14-6-10-34-18(12-14)23-20(29-25(27)36-23)16-4-2-8-32-16/h1-4,7-8,13-14,17-18H,5-6,9-12H2,(H2,26,28)(H2,27,29). The molecule has 4 atom stereocenters. The van der Waals surface area contributed by atoms with Gasteiger partial charge in [-0.2, -0.15) is 0 Å². The van der Waals surface area contributed by atoms with E-state index in [1.54, 1.807) is 12.5 Å². The number of aromatic nitrogens is 2. The molecule has 2 saturated heterocycles. The first-order valence-electron chi connectivity index (χ1n) is 11.9. The molecule has 6 rings (SSSR count). The lowest BCUT2D eigenvalue weighted by Gasteiger charge is -2.34. The Morgan fingerprint density at radius 3 is 1.69 bits per heavy atom. The van der Waals surface area contributed by atoms with Crippen LogP contribution in [0.1, 0.15) is 47.6 Å². The van der Waals surface area contributed by atoms with Crippen LogP contribution < -0.4 is 11.5 Å². The summed E-state index contributed by atoms with van der Waals surface area (Å²) >= 11 is 2.79. The Bertz CT molecular complexity index is 1230. The van der Waals surface area contributed by atoms with E-state index in [1.807, 2.05) is 24.3 Å².